The second-order valence-corrected chi connectivity index (χ2v) is 4.98. The highest BCUT2D eigenvalue weighted by Crippen LogP contribution is 2.34. The second-order valence-electron chi connectivity index (χ2n) is 4.21. The van der Waals surface area contributed by atoms with Gasteiger partial charge in [0.15, 0.2) is 0 Å². The summed E-state index contributed by atoms with van der Waals surface area (Å²) in [6.07, 6.45) is 8.26. The lowest BCUT2D eigenvalue weighted by Crippen LogP contribution is -2.39. The summed E-state index contributed by atoms with van der Waals surface area (Å²) in [4.78, 5) is 0. The first-order valence-electron chi connectivity index (χ1n) is 5.46. The maximum atomic E-state index is 6.17. The van der Waals surface area contributed by atoms with Crippen LogP contribution in [0.1, 0.15) is 52.4 Å². The predicted octanol–water partition coefficient (Wildman–Crippen LogP) is 3.94. The Balaban J connectivity index is 2.47. The van der Waals surface area contributed by atoms with Crippen LogP contribution in [0, 0.1) is 0 Å². The third-order valence-electron chi connectivity index (χ3n) is 3.03. The molecule has 0 bridgehead atoms. The normalized spacial score (nSPS) is 24.2. The maximum absolute atomic E-state index is 6.17. The van der Waals surface area contributed by atoms with Crippen molar-refractivity contribution in [1.82, 2.24) is 0 Å². The fourth-order valence-corrected chi connectivity index (χ4v) is 2.93. The number of halogens is 1. The van der Waals surface area contributed by atoms with E-state index in [2.05, 4.69) is 36.4 Å². The highest BCUT2D eigenvalue weighted by Gasteiger charge is 2.32. The summed E-state index contributed by atoms with van der Waals surface area (Å²) < 4.78 is 7.33. The molecule has 1 fully saturated rings. The Bertz CT molecular complexity index is 141. The van der Waals surface area contributed by atoms with Crippen molar-refractivity contribution in [2.24, 2.45) is 0 Å². The van der Waals surface area contributed by atoms with Gasteiger partial charge in [-0.1, -0.05) is 48.8 Å². The first-order chi connectivity index (χ1) is 6.22. The number of hydrogen-bond donors (Lipinski definition) is 0. The topological polar surface area (TPSA) is 9.23 Å². The summed E-state index contributed by atoms with van der Waals surface area (Å²) in [5.41, 5.74) is 0.230. The Kier molecular flexibility index (Phi) is 5.01. The Morgan fingerprint density at radius 3 is 2.38 bits per heavy atom. The zero-order chi connectivity index (χ0) is 9.73. The van der Waals surface area contributed by atoms with Gasteiger partial charge in [0.1, 0.15) is 0 Å². The van der Waals surface area contributed by atoms with Gasteiger partial charge in [-0.3, -0.25) is 0 Å². The van der Waals surface area contributed by atoms with E-state index >= 15 is 0 Å². The molecule has 0 aliphatic heterocycles. The van der Waals surface area contributed by atoms with Crippen LogP contribution in [0.5, 0.6) is 0 Å². The standard InChI is InChI=1S/C11H21IO/c1-3-10(2)13-11(9-12)7-5-4-6-8-11/h10H,3-9H2,1-2H3. The minimum atomic E-state index is 0.230. The van der Waals surface area contributed by atoms with Crippen molar-refractivity contribution in [3.05, 3.63) is 0 Å². The van der Waals surface area contributed by atoms with Crippen molar-refractivity contribution in [2.45, 2.75) is 64.1 Å². The smallest absolute Gasteiger partial charge is 0.0775 e. The van der Waals surface area contributed by atoms with Gasteiger partial charge in [0, 0.05) is 4.43 Å². The molecule has 78 valence electrons. The third-order valence-corrected chi connectivity index (χ3v) is 4.42. The fraction of sp³-hybridized carbons (Fsp3) is 1.00. The lowest BCUT2D eigenvalue weighted by molar-refractivity contribution is -0.0907. The first kappa shape index (κ1) is 11.8. The van der Waals surface area contributed by atoms with Gasteiger partial charge in [0.25, 0.3) is 0 Å². The van der Waals surface area contributed by atoms with E-state index in [9.17, 15) is 0 Å². The van der Waals surface area contributed by atoms with Crippen LogP contribution in [0.25, 0.3) is 0 Å². The summed E-state index contributed by atoms with van der Waals surface area (Å²) in [5, 5.41) is 0. The van der Waals surface area contributed by atoms with E-state index in [1.807, 2.05) is 0 Å². The first-order valence-corrected chi connectivity index (χ1v) is 6.99. The summed E-state index contributed by atoms with van der Waals surface area (Å²) in [6, 6.07) is 0. The molecule has 1 aliphatic rings. The van der Waals surface area contributed by atoms with Gasteiger partial charge in [-0.15, -0.1) is 0 Å². The molecule has 1 atom stereocenters. The molecule has 0 aromatic rings. The molecule has 0 aromatic carbocycles. The van der Waals surface area contributed by atoms with Crippen LogP contribution < -0.4 is 0 Å². The average Bonchev–Trinajstić information content (AvgIpc) is 2.19. The van der Waals surface area contributed by atoms with E-state index in [0.29, 0.717) is 6.10 Å². The van der Waals surface area contributed by atoms with Crippen molar-refractivity contribution in [2.75, 3.05) is 4.43 Å². The van der Waals surface area contributed by atoms with Gasteiger partial charge in [-0.25, -0.2) is 0 Å². The van der Waals surface area contributed by atoms with Crippen LogP contribution in [0.15, 0.2) is 0 Å². The maximum Gasteiger partial charge on any atom is 0.0775 e. The van der Waals surface area contributed by atoms with E-state index in [1.54, 1.807) is 0 Å². The fourth-order valence-electron chi connectivity index (χ4n) is 1.99. The molecule has 0 amide bonds. The van der Waals surface area contributed by atoms with Crippen LogP contribution in [-0.2, 0) is 4.74 Å². The molecule has 0 aromatic heterocycles. The Morgan fingerprint density at radius 1 is 1.31 bits per heavy atom. The van der Waals surface area contributed by atoms with E-state index < -0.39 is 0 Å². The molecule has 1 nitrogen and oxygen atoms in total. The molecule has 0 N–H and O–H groups in total. The summed E-state index contributed by atoms with van der Waals surface area (Å²) in [7, 11) is 0. The van der Waals surface area contributed by atoms with Crippen LogP contribution in [0.4, 0.5) is 0 Å². The van der Waals surface area contributed by atoms with Gasteiger partial charge < -0.3 is 4.74 Å². The van der Waals surface area contributed by atoms with Crippen LogP contribution in [-0.4, -0.2) is 16.1 Å². The molecule has 13 heavy (non-hydrogen) atoms. The Morgan fingerprint density at radius 2 is 1.92 bits per heavy atom. The van der Waals surface area contributed by atoms with Crippen molar-refractivity contribution in [3.63, 3.8) is 0 Å². The highest BCUT2D eigenvalue weighted by molar-refractivity contribution is 14.1. The van der Waals surface area contributed by atoms with Gasteiger partial charge in [-0.05, 0) is 26.2 Å². The molecular weight excluding hydrogens is 275 g/mol. The predicted molar refractivity (Wildman–Crippen MR) is 65.5 cm³/mol. The average molecular weight is 296 g/mol. The highest BCUT2D eigenvalue weighted by atomic mass is 127. The van der Waals surface area contributed by atoms with E-state index in [4.69, 9.17) is 4.74 Å². The molecule has 1 rings (SSSR count). The SMILES string of the molecule is CCC(C)OC1(CI)CCCCC1. The van der Waals surface area contributed by atoms with Gasteiger partial charge >= 0.3 is 0 Å². The van der Waals surface area contributed by atoms with Crippen LogP contribution in [0.3, 0.4) is 0 Å². The summed E-state index contributed by atoms with van der Waals surface area (Å²) >= 11 is 2.48. The molecule has 1 unspecified atom stereocenters. The van der Waals surface area contributed by atoms with Crippen molar-refractivity contribution in [1.29, 1.82) is 0 Å². The quantitative estimate of drug-likeness (QED) is 0.564. The minimum Gasteiger partial charge on any atom is -0.371 e. The zero-order valence-corrected chi connectivity index (χ0v) is 11.0. The van der Waals surface area contributed by atoms with Gasteiger partial charge in [-0.2, -0.15) is 0 Å². The molecular formula is C11H21IO. The molecule has 1 saturated carbocycles. The van der Waals surface area contributed by atoms with Crippen molar-refractivity contribution in [3.8, 4) is 0 Å². The second kappa shape index (κ2) is 5.54. The van der Waals surface area contributed by atoms with Crippen LogP contribution in [0.2, 0.25) is 0 Å². The van der Waals surface area contributed by atoms with Gasteiger partial charge in [0.2, 0.25) is 0 Å². The molecule has 0 radical (unpaired) electrons. The number of hydrogen-bond acceptors (Lipinski definition) is 1. The molecule has 2 heteroatoms. The monoisotopic (exact) mass is 296 g/mol. The van der Waals surface area contributed by atoms with Gasteiger partial charge in [0.05, 0.1) is 11.7 Å². The summed E-state index contributed by atoms with van der Waals surface area (Å²) in [6.45, 7) is 4.40. The van der Waals surface area contributed by atoms with Crippen molar-refractivity contribution >= 4 is 22.6 Å². The minimum absolute atomic E-state index is 0.230. The molecule has 0 heterocycles. The van der Waals surface area contributed by atoms with E-state index in [-0.39, 0.29) is 5.60 Å². The molecule has 0 spiro atoms. The largest absolute Gasteiger partial charge is 0.371 e. The number of ether oxygens (including phenoxy) is 1. The Labute approximate surface area is 95.8 Å². The van der Waals surface area contributed by atoms with E-state index in [0.717, 1.165) is 10.8 Å². The Hall–Kier alpha value is 0.690. The zero-order valence-electron chi connectivity index (χ0n) is 8.81. The molecule has 1 aliphatic carbocycles. The summed E-state index contributed by atoms with van der Waals surface area (Å²) in [5.74, 6) is 0. The third kappa shape index (κ3) is 3.39. The lowest BCUT2D eigenvalue weighted by atomic mass is 9.86. The lowest BCUT2D eigenvalue weighted by Gasteiger charge is -2.38. The number of rotatable bonds is 4. The van der Waals surface area contributed by atoms with E-state index in [1.165, 1.54) is 32.1 Å². The van der Waals surface area contributed by atoms with Crippen LogP contribution >= 0.6 is 22.6 Å². The van der Waals surface area contributed by atoms with Crippen molar-refractivity contribution < 1.29 is 4.74 Å². The molecule has 0 saturated heterocycles. The number of alkyl halides is 1.